The summed E-state index contributed by atoms with van der Waals surface area (Å²) in [6, 6.07) is 0. The van der Waals surface area contributed by atoms with Crippen LogP contribution in [-0.4, -0.2) is 29.0 Å². The number of halogens is 1. The van der Waals surface area contributed by atoms with Gasteiger partial charge in [0.15, 0.2) is 4.34 Å². The van der Waals surface area contributed by atoms with Crippen molar-refractivity contribution in [3.63, 3.8) is 0 Å². The molecule has 92 valence electrons. The zero-order chi connectivity index (χ0) is 10.5. The Bertz CT molecular complexity index is 300. The number of nitrogens with zero attached hydrogens (tertiary/aromatic N) is 2. The molecule has 1 aliphatic heterocycles. The average molecular weight is 280 g/mol. The third-order valence-corrected chi connectivity index (χ3v) is 4.72. The van der Waals surface area contributed by atoms with E-state index in [9.17, 15) is 0 Å². The summed E-state index contributed by atoms with van der Waals surface area (Å²) in [7, 11) is 0. The zero-order valence-corrected chi connectivity index (χ0v) is 11.9. The van der Waals surface area contributed by atoms with Crippen LogP contribution in [0.2, 0.25) is 0 Å². The summed E-state index contributed by atoms with van der Waals surface area (Å²) < 4.78 is 1.13. The van der Waals surface area contributed by atoms with E-state index in [1.165, 1.54) is 38.1 Å². The van der Waals surface area contributed by atoms with Crippen molar-refractivity contribution in [3.8, 4) is 0 Å². The van der Waals surface area contributed by atoms with Gasteiger partial charge in [0.25, 0.3) is 0 Å². The van der Waals surface area contributed by atoms with Gasteiger partial charge < -0.3 is 5.32 Å². The summed E-state index contributed by atoms with van der Waals surface area (Å²) in [5.74, 6) is 2.12. The van der Waals surface area contributed by atoms with Crippen LogP contribution in [0.1, 0.15) is 24.3 Å². The number of nitrogens with one attached hydrogen (secondary N) is 1. The highest BCUT2D eigenvalue weighted by Crippen LogP contribution is 2.25. The van der Waals surface area contributed by atoms with Crippen LogP contribution in [0.15, 0.2) is 4.34 Å². The Kier molecular flexibility index (Phi) is 6.65. The lowest BCUT2D eigenvalue weighted by Crippen LogP contribution is -2.27. The van der Waals surface area contributed by atoms with E-state index in [0.717, 1.165) is 15.3 Å². The van der Waals surface area contributed by atoms with E-state index < -0.39 is 0 Å². The second-order valence-corrected chi connectivity index (χ2v) is 6.44. The predicted molar refractivity (Wildman–Crippen MR) is 72.8 cm³/mol. The van der Waals surface area contributed by atoms with Gasteiger partial charge in [0, 0.05) is 5.75 Å². The van der Waals surface area contributed by atoms with E-state index in [1.54, 1.807) is 11.3 Å². The molecule has 2 heterocycles. The normalized spacial score (nSPS) is 17.1. The first-order valence-corrected chi connectivity index (χ1v) is 7.28. The maximum absolute atomic E-state index is 4.12. The summed E-state index contributed by atoms with van der Waals surface area (Å²) >= 11 is 3.56. The number of piperidine rings is 1. The Labute approximate surface area is 111 Å². The molecule has 0 spiro atoms. The van der Waals surface area contributed by atoms with E-state index in [2.05, 4.69) is 15.5 Å². The van der Waals surface area contributed by atoms with E-state index in [1.807, 2.05) is 18.7 Å². The molecule has 0 radical (unpaired) electrons. The third-order valence-electron chi connectivity index (χ3n) is 2.72. The van der Waals surface area contributed by atoms with E-state index >= 15 is 0 Å². The summed E-state index contributed by atoms with van der Waals surface area (Å²) in [5, 5.41) is 12.6. The first-order valence-electron chi connectivity index (χ1n) is 5.48. The second-order valence-electron chi connectivity index (χ2n) is 3.92. The standard InChI is InChI=1S/C10H17N3S2.ClH/c1-8-12-13-10(15-8)14-7-4-9-2-5-11-6-3-9;/h9,11H,2-7H2,1H3;1H. The molecule has 0 aromatic carbocycles. The Hall–Kier alpha value is 0.160. The summed E-state index contributed by atoms with van der Waals surface area (Å²) in [6.07, 6.45) is 4.01. The van der Waals surface area contributed by atoms with E-state index in [-0.39, 0.29) is 12.4 Å². The van der Waals surface area contributed by atoms with Crippen LogP contribution in [0, 0.1) is 12.8 Å². The fourth-order valence-electron chi connectivity index (χ4n) is 1.82. The van der Waals surface area contributed by atoms with Crippen molar-refractivity contribution in [3.05, 3.63) is 5.01 Å². The zero-order valence-electron chi connectivity index (χ0n) is 9.44. The van der Waals surface area contributed by atoms with Gasteiger partial charge in [0.1, 0.15) is 5.01 Å². The third kappa shape index (κ3) is 4.57. The van der Waals surface area contributed by atoms with Crippen LogP contribution >= 0.6 is 35.5 Å². The van der Waals surface area contributed by atoms with Gasteiger partial charge in [-0.3, -0.25) is 0 Å². The highest BCUT2D eigenvalue weighted by atomic mass is 35.5. The minimum absolute atomic E-state index is 0. The number of hydrogen-bond acceptors (Lipinski definition) is 5. The summed E-state index contributed by atoms with van der Waals surface area (Å²) in [6.45, 7) is 4.41. The second kappa shape index (κ2) is 7.48. The van der Waals surface area contributed by atoms with Crippen molar-refractivity contribution in [1.29, 1.82) is 0 Å². The predicted octanol–water partition coefficient (Wildman–Crippen LogP) is 2.75. The summed E-state index contributed by atoms with van der Waals surface area (Å²) in [4.78, 5) is 0. The molecule has 2 rings (SSSR count). The molecular weight excluding hydrogens is 262 g/mol. The van der Waals surface area contributed by atoms with Crippen molar-refractivity contribution < 1.29 is 0 Å². The minimum Gasteiger partial charge on any atom is -0.317 e. The van der Waals surface area contributed by atoms with Crippen molar-refractivity contribution >= 4 is 35.5 Å². The average Bonchev–Trinajstić information content (AvgIpc) is 2.66. The molecule has 0 saturated carbocycles. The fraction of sp³-hybridized carbons (Fsp3) is 0.800. The molecule has 0 amide bonds. The number of rotatable bonds is 4. The van der Waals surface area contributed by atoms with Gasteiger partial charge in [-0.2, -0.15) is 0 Å². The van der Waals surface area contributed by atoms with Crippen LogP contribution in [0.25, 0.3) is 0 Å². The number of aromatic nitrogens is 2. The lowest BCUT2D eigenvalue weighted by atomic mass is 9.96. The van der Waals surface area contributed by atoms with E-state index in [0.29, 0.717) is 0 Å². The first-order chi connectivity index (χ1) is 7.34. The monoisotopic (exact) mass is 279 g/mol. The number of aryl methyl sites for hydroxylation is 1. The molecule has 1 fully saturated rings. The smallest absolute Gasteiger partial charge is 0.174 e. The van der Waals surface area contributed by atoms with Gasteiger partial charge in [0.2, 0.25) is 0 Å². The topological polar surface area (TPSA) is 37.8 Å². The van der Waals surface area contributed by atoms with Gasteiger partial charge in [0.05, 0.1) is 0 Å². The molecule has 6 heteroatoms. The Morgan fingerprint density at radius 1 is 1.38 bits per heavy atom. The van der Waals surface area contributed by atoms with Crippen molar-refractivity contribution in [2.24, 2.45) is 5.92 Å². The Morgan fingerprint density at radius 2 is 2.12 bits per heavy atom. The molecule has 1 aliphatic rings. The highest BCUT2D eigenvalue weighted by Gasteiger charge is 2.12. The lowest BCUT2D eigenvalue weighted by molar-refractivity contribution is 0.367. The molecule has 0 bridgehead atoms. The molecule has 0 unspecified atom stereocenters. The van der Waals surface area contributed by atoms with Crippen molar-refractivity contribution in [2.45, 2.75) is 30.5 Å². The highest BCUT2D eigenvalue weighted by molar-refractivity contribution is 8.01. The molecule has 16 heavy (non-hydrogen) atoms. The largest absolute Gasteiger partial charge is 0.317 e. The molecule has 0 aliphatic carbocycles. The quantitative estimate of drug-likeness (QED) is 0.860. The van der Waals surface area contributed by atoms with Gasteiger partial charge in [-0.05, 0) is 45.2 Å². The Morgan fingerprint density at radius 3 is 2.75 bits per heavy atom. The lowest BCUT2D eigenvalue weighted by Gasteiger charge is -2.21. The maximum atomic E-state index is 4.12. The summed E-state index contributed by atoms with van der Waals surface area (Å²) in [5.41, 5.74) is 0. The van der Waals surface area contributed by atoms with Crippen LogP contribution < -0.4 is 5.32 Å². The van der Waals surface area contributed by atoms with Gasteiger partial charge >= 0.3 is 0 Å². The van der Waals surface area contributed by atoms with Crippen LogP contribution in [0.5, 0.6) is 0 Å². The van der Waals surface area contributed by atoms with Crippen LogP contribution in [0.3, 0.4) is 0 Å². The van der Waals surface area contributed by atoms with Crippen LogP contribution in [0.4, 0.5) is 0 Å². The van der Waals surface area contributed by atoms with Crippen molar-refractivity contribution in [1.82, 2.24) is 15.5 Å². The Balaban J connectivity index is 0.00000128. The molecule has 1 N–H and O–H groups in total. The molecule has 1 aromatic heterocycles. The van der Waals surface area contributed by atoms with Crippen LogP contribution in [-0.2, 0) is 0 Å². The van der Waals surface area contributed by atoms with Gasteiger partial charge in [-0.25, -0.2) is 0 Å². The SMILES string of the molecule is Cc1nnc(SCCC2CCNCC2)s1.Cl. The minimum atomic E-state index is 0. The van der Waals surface area contributed by atoms with Gasteiger partial charge in [-0.15, -0.1) is 22.6 Å². The number of thioether (sulfide) groups is 1. The molecule has 0 atom stereocenters. The van der Waals surface area contributed by atoms with Gasteiger partial charge in [-0.1, -0.05) is 23.1 Å². The molecule has 1 aromatic rings. The fourth-order valence-corrected chi connectivity index (χ4v) is 3.81. The number of hydrogen-bond donors (Lipinski definition) is 1. The van der Waals surface area contributed by atoms with E-state index in [4.69, 9.17) is 0 Å². The molecular formula is C10H18ClN3S2. The first kappa shape index (κ1) is 14.2. The molecule has 1 saturated heterocycles. The molecule has 3 nitrogen and oxygen atoms in total. The van der Waals surface area contributed by atoms with Crippen molar-refractivity contribution in [2.75, 3.05) is 18.8 Å². The maximum Gasteiger partial charge on any atom is 0.174 e.